The van der Waals surface area contributed by atoms with Gasteiger partial charge in [0.25, 0.3) is 0 Å². The smallest absolute Gasteiger partial charge is 0.416 e. The van der Waals surface area contributed by atoms with Gasteiger partial charge in [0.15, 0.2) is 9.84 Å². The summed E-state index contributed by atoms with van der Waals surface area (Å²) in [6.07, 6.45) is -4.59. The Morgan fingerprint density at radius 3 is 2.00 bits per heavy atom. The highest BCUT2D eigenvalue weighted by Gasteiger charge is 2.35. The number of amides is 1. The van der Waals surface area contributed by atoms with Crippen LogP contribution in [-0.4, -0.2) is 43.4 Å². The van der Waals surface area contributed by atoms with Crippen molar-refractivity contribution < 1.29 is 31.1 Å². The minimum Gasteiger partial charge on any atom is -0.444 e. The molecule has 0 unspecified atom stereocenters. The van der Waals surface area contributed by atoms with Crippen molar-refractivity contribution in [3.05, 3.63) is 29.8 Å². The predicted octanol–water partition coefficient (Wildman–Crippen LogP) is 3.88. The molecule has 0 atom stereocenters. The van der Waals surface area contributed by atoms with Crippen LogP contribution in [0.5, 0.6) is 0 Å². The summed E-state index contributed by atoms with van der Waals surface area (Å²) in [7, 11) is -3.75. The molecule has 0 radical (unpaired) electrons. The van der Waals surface area contributed by atoms with E-state index in [0.717, 1.165) is 24.3 Å². The van der Waals surface area contributed by atoms with Crippen LogP contribution in [0.4, 0.5) is 18.0 Å². The first-order valence-electron chi connectivity index (χ1n) is 8.20. The topological polar surface area (TPSA) is 63.7 Å². The van der Waals surface area contributed by atoms with Gasteiger partial charge >= 0.3 is 12.3 Å². The second-order valence-electron chi connectivity index (χ2n) is 7.23. The Labute approximate surface area is 151 Å². The van der Waals surface area contributed by atoms with E-state index in [1.807, 2.05) is 0 Å². The van der Waals surface area contributed by atoms with Crippen LogP contribution < -0.4 is 0 Å². The molecule has 0 bridgehead atoms. The lowest BCUT2D eigenvalue weighted by Crippen LogP contribution is -2.44. The van der Waals surface area contributed by atoms with E-state index in [2.05, 4.69) is 0 Å². The molecule has 1 aromatic carbocycles. The average molecular weight is 393 g/mol. The SMILES string of the molecule is CC(C)(C)OC(=O)N1CCC(S(=O)(=O)c2ccc(C(F)(F)F)cc2)CC1. The van der Waals surface area contributed by atoms with Crippen LogP contribution in [0.1, 0.15) is 39.2 Å². The number of halogens is 3. The van der Waals surface area contributed by atoms with E-state index in [1.54, 1.807) is 20.8 Å². The number of hydrogen-bond acceptors (Lipinski definition) is 4. The Bertz CT molecular complexity index is 744. The monoisotopic (exact) mass is 393 g/mol. The van der Waals surface area contributed by atoms with Gasteiger partial charge in [0.1, 0.15) is 5.60 Å². The Morgan fingerprint density at radius 1 is 1.08 bits per heavy atom. The molecular formula is C17H22F3NO4S. The zero-order valence-corrected chi connectivity index (χ0v) is 15.7. The number of alkyl halides is 3. The molecule has 0 N–H and O–H groups in total. The van der Waals surface area contributed by atoms with Crippen molar-refractivity contribution in [3.8, 4) is 0 Å². The van der Waals surface area contributed by atoms with Crippen LogP contribution in [0, 0.1) is 0 Å². The zero-order chi connectivity index (χ0) is 19.8. The highest BCUT2D eigenvalue weighted by Crippen LogP contribution is 2.31. The summed E-state index contributed by atoms with van der Waals surface area (Å²) < 4.78 is 68.4. The molecule has 1 aromatic rings. The van der Waals surface area contributed by atoms with Crippen molar-refractivity contribution in [2.75, 3.05) is 13.1 Å². The van der Waals surface area contributed by atoms with Gasteiger partial charge in [-0.25, -0.2) is 13.2 Å². The largest absolute Gasteiger partial charge is 0.444 e. The van der Waals surface area contributed by atoms with E-state index >= 15 is 0 Å². The number of benzene rings is 1. The number of carbonyl (C=O) groups is 1. The number of sulfone groups is 1. The van der Waals surface area contributed by atoms with E-state index in [0.29, 0.717) is 0 Å². The summed E-state index contributed by atoms with van der Waals surface area (Å²) in [5.41, 5.74) is -1.53. The standard InChI is InChI=1S/C17H22F3NO4S/c1-16(2,3)25-15(22)21-10-8-14(9-11-21)26(23,24)13-6-4-12(5-7-13)17(18,19)20/h4-7,14H,8-11H2,1-3H3. The quantitative estimate of drug-likeness (QED) is 0.765. The molecule has 26 heavy (non-hydrogen) atoms. The molecule has 146 valence electrons. The number of carbonyl (C=O) groups excluding carboxylic acids is 1. The minimum absolute atomic E-state index is 0.138. The van der Waals surface area contributed by atoms with Crippen LogP contribution in [0.2, 0.25) is 0 Å². The normalized spacial score (nSPS) is 17.2. The minimum atomic E-state index is -4.51. The Morgan fingerprint density at radius 2 is 1.58 bits per heavy atom. The van der Waals surface area contributed by atoms with Crippen LogP contribution in [-0.2, 0) is 20.8 Å². The summed E-state index contributed by atoms with van der Waals surface area (Å²) in [5.74, 6) is 0. The molecule has 2 rings (SSSR count). The van der Waals surface area contributed by atoms with E-state index in [4.69, 9.17) is 4.74 Å². The second-order valence-corrected chi connectivity index (χ2v) is 9.46. The van der Waals surface area contributed by atoms with Crippen LogP contribution in [0.15, 0.2) is 29.2 Å². The molecule has 0 saturated carbocycles. The van der Waals surface area contributed by atoms with Crippen molar-refractivity contribution in [3.63, 3.8) is 0 Å². The fourth-order valence-corrected chi connectivity index (χ4v) is 4.43. The molecule has 0 aliphatic carbocycles. The van der Waals surface area contributed by atoms with Gasteiger partial charge in [-0.05, 0) is 57.9 Å². The van der Waals surface area contributed by atoms with Crippen LogP contribution in [0.25, 0.3) is 0 Å². The number of piperidine rings is 1. The van der Waals surface area contributed by atoms with E-state index < -0.39 is 38.5 Å². The predicted molar refractivity (Wildman–Crippen MR) is 89.5 cm³/mol. The lowest BCUT2D eigenvalue weighted by molar-refractivity contribution is -0.137. The number of hydrogen-bond donors (Lipinski definition) is 0. The molecule has 1 saturated heterocycles. The van der Waals surface area contributed by atoms with Crippen molar-refractivity contribution in [2.45, 2.75) is 55.5 Å². The average Bonchev–Trinajstić information content (AvgIpc) is 2.52. The van der Waals surface area contributed by atoms with Crippen molar-refractivity contribution in [1.82, 2.24) is 4.90 Å². The van der Waals surface area contributed by atoms with Crippen LogP contribution in [0.3, 0.4) is 0 Å². The lowest BCUT2D eigenvalue weighted by Gasteiger charge is -2.33. The Balaban J connectivity index is 2.05. The third-order valence-electron chi connectivity index (χ3n) is 4.04. The maximum Gasteiger partial charge on any atom is 0.416 e. The molecule has 1 heterocycles. The summed E-state index contributed by atoms with van der Waals surface area (Å²) in [6, 6.07) is 3.50. The first kappa shape index (κ1) is 20.5. The summed E-state index contributed by atoms with van der Waals surface area (Å²) in [4.78, 5) is 13.3. The highest BCUT2D eigenvalue weighted by atomic mass is 32.2. The van der Waals surface area contributed by atoms with E-state index in [1.165, 1.54) is 4.90 Å². The molecular weight excluding hydrogens is 371 g/mol. The zero-order valence-electron chi connectivity index (χ0n) is 14.8. The summed E-state index contributed by atoms with van der Waals surface area (Å²) in [5, 5.41) is -0.738. The fourth-order valence-electron chi connectivity index (χ4n) is 2.70. The molecule has 1 fully saturated rings. The van der Waals surface area contributed by atoms with E-state index in [-0.39, 0.29) is 30.8 Å². The fraction of sp³-hybridized carbons (Fsp3) is 0.588. The van der Waals surface area contributed by atoms with Crippen molar-refractivity contribution >= 4 is 15.9 Å². The van der Waals surface area contributed by atoms with Crippen LogP contribution >= 0.6 is 0 Å². The number of rotatable bonds is 2. The third kappa shape index (κ3) is 4.90. The third-order valence-corrected chi connectivity index (χ3v) is 6.32. The summed E-state index contributed by atoms with van der Waals surface area (Å²) >= 11 is 0. The van der Waals surface area contributed by atoms with Gasteiger partial charge in [0.05, 0.1) is 15.7 Å². The molecule has 1 amide bonds. The van der Waals surface area contributed by atoms with Crippen molar-refractivity contribution in [1.29, 1.82) is 0 Å². The Hall–Kier alpha value is -1.77. The molecule has 1 aliphatic heterocycles. The highest BCUT2D eigenvalue weighted by molar-refractivity contribution is 7.92. The maximum absolute atomic E-state index is 12.6. The lowest BCUT2D eigenvalue weighted by atomic mass is 10.1. The van der Waals surface area contributed by atoms with Gasteiger partial charge in [-0.1, -0.05) is 0 Å². The van der Waals surface area contributed by atoms with Gasteiger partial charge in [-0.3, -0.25) is 0 Å². The van der Waals surface area contributed by atoms with Gasteiger partial charge in [0.2, 0.25) is 0 Å². The van der Waals surface area contributed by atoms with Gasteiger partial charge < -0.3 is 9.64 Å². The van der Waals surface area contributed by atoms with Gasteiger partial charge in [0, 0.05) is 13.1 Å². The molecule has 0 spiro atoms. The molecule has 9 heteroatoms. The van der Waals surface area contributed by atoms with Crippen molar-refractivity contribution in [2.24, 2.45) is 0 Å². The molecule has 1 aliphatic rings. The maximum atomic E-state index is 12.6. The molecule has 5 nitrogen and oxygen atoms in total. The molecule has 0 aromatic heterocycles. The van der Waals surface area contributed by atoms with Gasteiger partial charge in [-0.15, -0.1) is 0 Å². The Kier molecular flexibility index (Phi) is 5.60. The number of ether oxygens (including phenoxy) is 1. The first-order chi connectivity index (χ1) is 11.8. The first-order valence-corrected chi connectivity index (χ1v) is 9.74. The second kappa shape index (κ2) is 7.09. The number of likely N-dealkylation sites (tertiary alicyclic amines) is 1. The summed E-state index contributed by atoms with van der Waals surface area (Å²) in [6.45, 7) is 5.67. The van der Waals surface area contributed by atoms with E-state index in [9.17, 15) is 26.4 Å². The van der Waals surface area contributed by atoms with Gasteiger partial charge in [-0.2, -0.15) is 13.2 Å². The number of nitrogens with zero attached hydrogens (tertiary/aromatic N) is 1.